The zero-order valence-electron chi connectivity index (χ0n) is 45.5. The first-order valence-corrected chi connectivity index (χ1v) is 30.0. The number of benzene rings is 13. The molecule has 22 rings (SSSR count). The number of allylic oxidation sites excluding steroid dienone is 5. The van der Waals surface area contributed by atoms with Crippen LogP contribution in [-0.2, 0) is 6.42 Å². The van der Waals surface area contributed by atoms with Gasteiger partial charge in [-0.1, -0.05) is 223 Å². The number of hydrogen-bond donors (Lipinski definition) is 0. The van der Waals surface area contributed by atoms with E-state index in [-0.39, 0.29) is 13.4 Å². The van der Waals surface area contributed by atoms with Crippen LogP contribution < -0.4 is 32.8 Å². The molecule has 84 heavy (non-hydrogen) atoms. The second kappa shape index (κ2) is 15.0. The van der Waals surface area contributed by atoms with Crippen LogP contribution in [0.2, 0.25) is 0 Å². The van der Waals surface area contributed by atoms with Crippen molar-refractivity contribution in [1.29, 1.82) is 0 Å². The summed E-state index contributed by atoms with van der Waals surface area (Å²) >= 11 is 0. The molecule has 0 saturated heterocycles. The summed E-state index contributed by atoms with van der Waals surface area (Å²) in [4.78, 5) is 0. The zero-order chi connectivity index (χ0) is 53.9. The van der Waals surface area contributed by atoms with Crippen LogP contribution in [0.4, 0.5) is 0 Å². The summed E-state index contributed by atoms with van der Waals surface area (Å²) in [5.74, 6) is 0.709. The highest BCUT2D eigenvalue weighted by atomic mass is 15.0. The van der Waals surface area contributed by atoms with Gasteiger partial charge in [-0.05, 0) is 131 Å². The molecule has 6 aliphatic rings. The Kier molecular flexibility index (Phi) is 7.75. The minimum Gasteiger partial charge on any atom is -0.310 e. The number of para-hydroxylation sites is 2. The van der Waals surface area contributed by atoms with Crippen LogP contribution in [0.5, 0.6) is 0 Å². The second-order valence-corrected chi connectivity index (χ2v) is 24.8. The Labute approximate surface area is 483 Å². The van der Waals surface area contributed by atoms with Crippen molar-refractivity contribution < 1.29 is 0 Å². The first-order chi connectivity index (χ1) is 41.7. The van der Waals surface area contributed by atoms with E-state index in [0.29, 0.717) is 11.8 Å². The second-order valence-electron chi connectivity index (χ2n) is 24.8. The maximum Gasteiger partial charge on any atom is 0.249 e. The Balaban J connectivity index is 0.846. The van der Waals surface area contributed by atoms with Gasteiger partial charge in [-0.2, -0.15) is 0 Å². The average molecular weight is 1060 g/mol. The Morgan fingerprint density at radius 3 is 1.51 bits per heavy atom. The van der Waals surface area contributed by atoms with Gasteiger partial charge < -0.3 is 13.7 Å². The van der Waals surface area contributed by atoms with Crippen LogP contribution in [0.25, 0.3) is 143 Å². The van der Waals surface area contributed by atoms with Crippen LogP contribution in [0.3, 0.4) is 0 Å². The van der Waals surface area contributed by atoms with Crippen molar-refractivity contribution in [3.8, 4) is 39.3 Å². The highest BCUT2D eigenvalue weighted by Gasteiger charge is 2.46. The first-order valence-electron chi connectivity index (χ1n) is 30.0. The number of hydrogen-bond acceptors (Lipinski definition) is 0. The predicted octanol–water partition coefficient (Wildman–Crippen LogP) is 15.0. The molecule has 3 aromatic heterocycles. The lowest BCUT2D eigenvalue weighted by Gasteiger charge is -2.34. The summed E-state index contributed by atoms with van der Waals surface area (Å²) < 4.78 is 7.92. The number of nitrogens with zero attached hydrogens (tertiary/aromatic N) is 3. The lowest BCUT2D eigenvalue weighted by Crippen LogP contribution is -2.54. The van der Waals surface area contributed by atoms with Crippen molar-refractivity contribution in [2.45, 2.75) is 12.3 Å². The molecule has 0 amide bonds. The smallest absolute Gasteiger partial charge is 0.249 e. The maximum atomic E-state index is 2.73. The van der Waals surface area contributed by atoms with Crippen molar-refractivity contribution in [2.75, 3.05) is 0 Å². The van der Waals surface area contributed by atoms with E-state index in [1.165, 1.54) is 192 Å². The van der Waals surface area contributed by atoms with E-state index in [1.54, 1.807) is 0 Å². The zero-order valence-corrected chi connectivity index (χ0v) is 45.5. The third-order valence-corrected chi connectivity index (χ3v) is 21.2. The Morgan fingerprint density at radius 2 is 0.869 bits per heavy atom. The molecule has 16 aromatic rings. The van der Waals surface area contributed by atoms with Gasteiger partial charge in [0.1, 0.15) is 0 Å². The van der Waals surface area contributed by atoms with Gasteiger partial charge in [0, 0.05) is 83.0 Å². The van der Waals surface area contributed by atoms with Gasteiger partial charge in [-0.3, -0.25) is 0 Å². The van der Waals surface area contributed by atoms with E-state index in [9.17, 15) is 0 Å². The van der Waals surface area contributed by atoms with Gasteiger partial charge in [0.2, 0.25) is 13.4 Å². The average Bonchev–Trinajstić information content (AvgIpc) is 1.51. The molecule has 0 bridgehead atoms. The highest BCUT2D eigenvalue weighted by molar-refractivity contribution is 7.04. The van der Waals surface area contributed by atoms with Gasteiger partial charge in [0.25, 0.3) is 0 Å². The fourth-order valence-corrected chi connectivity index (χ4v) is 18.2. The third-order valence-electron chi connectivity index (χ3n) is 21.2. The summed E-state index contributed by atoms with van der Waals surface area (Å²) in [5, 5.41) is 15.9. The molecular weight excluding hydrogens is 1010 g/mol. The standard InChI is InChI=1S/C79H45B2N3/c1-2-16-47-44(15-1)41-45(48-17-3-4-18-49(47)48)39-43-31-37-68-62(40-43)56-35-33-54-50-19-5-9-27-64(50)80-72(54)76(56)83(68)78-60-25-13-24-59-70(60)71-58(74(78)80)23-14-26-61(71)79-75(59)81-65-28-10-6-20-51(65)55-34-36-57-63-42-46(32-38-69(63)84(79)77(57)73(55)81)82-66-29-11-7-21-52(66)53-22-8-12-30-67(53)82/h1-40,42,48-49H,41H2/b45-39-. The first kappa shape index (κ1) is 43.4. The van der Waals surface area contributed by atoms with Gasteiger partial charge in [-0.15, -0.1) is 0 Å². The van der Waals surface area contributed by atoms with Crippen molar-refractivity contribution in [1.82, 2.24) is 13.7 Å². The summed E-state index contributed by atoms with van der Waals surface area (Å²) in [5.41, 5.74) is 31.1. The molecular formula is C79H45B2N3. The lowest BCUT2D eigenvalue weighted by atomic mass is 9.36. The van der Waals surface area contributed by atoms with Gasteiger partial charge in [0.05, 0.1) is 22.1 Å². The molecule has 0 radical (unpaired) electrons. The highest BCUT2D eigenvalue weighted by Crippen LogP contribution is 2.50. The third kappa shape index (κ3) is 4.99. The largest absolute Gasteiger partial charge is 0.310 e. The molecule has 7 heterocycles. The van der Waals surface area contributed by atoms with E-state index in [0.717, 1.165) is 6.42 Å². The van der Waals surface area contributed by atoms with Crippen LogP contribution >= 0.6 is 0 Å². The minimum atomic E-state index is 0.0539. The summed E-state index contributed by atoms with van der Waals surface area (Å²) in [6.07, 6.45) is 12.8. The summed E-state index contributed by atoms with van der Waals surface area (Å²) in [6, 6.07) is 84.6. The predicted molar refractivity (Wildman–Crippen MR) is 356 cm³/mol. The van der Waals surface area contributed by atoms with Crippen molar-refractivity contribution in [2.24, 2.45) is 5.92 Å². The summed E-state index contributed by atoms with van der Waals surface area (Å²) in [6.45, 7) is 0.116. The maximum absolute atomic E-state index is 2.73. The van der Waals surface area contributed by atoms with Crippen LogP contribution in [0, 0.1) is 5.92 Å². The molecule has 5 heteroatoms. The molecule has 2 aliphatic carbocycles. The monoisotopic (exact) mass is 1060 g/mol. The van der Waals surface area contributed by atoms with Gasteiger partial charge in [0.15, 0.2) is 0 Å². The fourth-order valence-electron chi connectivity index (χ4n) is 18.2. The molecule has 0 spiro atoms. The molecule has 0 fully saturated rings. The summed E-state index contributed by atoms with van der Waals surface area (Å²) in [7, 11) is 0. The van der Waals surface area contributed by atoms with E-state index in [4.69, 9.17) is 0 Å². The topological polar surface area (TPSA) is 14.8 Å². The number of fused-ring (bicyclic) bond motifs is 28. The van der Waals surface area contributed by atoms with Gasteiger partial charge in [-0.25, -0.2) is 0 Å². The van der Waals surface area contributed by atoms with Crippen molar-refractivity contribution in [3.05, 3.63) is 265 Å². The Morgan fingerprint density at radius 1 is 0.357 bits per heavy atom. The van der Waals surface area contributed by atoms with Crippen molar-refractivity contribution >= 4 is 150 Å². The van der Waals surface area contributed by atoms with Crippen LogP contribution in [0.15, 0.2) is 248 Å². The number of aromatic nitrogens is 3. The Bertz CT molecular complexity index is 5880. The normalized spacial score (nSPS) is 16.9. The van der Waals surface area contributed by atoms with Crippen LogP contribution in [-0.4, -0.2) is 27.1 Å². The van der Waals surface area contributed by atoms with E-state index < -0.39 is 0 Å². The quantitative estimate of drug-likeness (QED) is 0.121. The molecule has 3 nitrogen and oxygen atoms in total. The van der Waals surface area contributed by atoms with E-state index in [1.807, 2.05) is 0 Å². The Hall–Kier alpha value is -10.4. The van der Waals surface area contributed by atoms with Gasteiger partial charge >= 0.3 is 0 Å². The molecule has 382 valence electrons. The molecule has 0 saturated carbocycles. The molecule has 4 aliphatic heterocycles. The molecule has 13 aromatic carbocycles. The molecule has 2 unspecified atom stereocenters. The SMILES string of the molecule is C1=CC2/C(=C\c3ccc4c(c3)c3ccc5c6c3n4-c3c(c4cccc7c8c(c9cccc3c9c47)B3c4ccccc4-c4ccc7c9cc(-n%10c%11ccccc%11c%11ccccc%11%10)ccc9n-8c7c43)B6c3ccccc3-5)Cc3ccccc3C2C=C1. The van der Waals surface area contributed by atoms with E-state index in [2.05, 4.69) is 262 Å². The molecule has 2 atom stereocenters. The molecule has 0 N–H and O–H groups in total. The van der Waals surface area contributed by atoms with Crippen molar-refractivity contribution in [3.63, 3.8) is 0 Å². The fraction of sp³-hybridized carbons (Fsp3) is 0.0380. The lowest BCUT2D eigenvalue weighted by molar-refractivity contribution is 0.617. The minimum absolute atomic E-state index is 0.0539. The van der Waals surface area contributed by atoms with E-state index >= 15 is 0 Å². The number of rotatable bonds is 2. The van der Waals surface area contributed by atoms with Crippen LogP contribution in [0.1, 0.15) is 22.6 Å².